The molecule has 1 amide bonds. The monoisotopic (exact) mass is 711 g/mol. The van der Waals surface area contributed by atoms with Crippen molar-refractivity contribution >= 4 is 46.0 Å². The third kappa shape index (κ3) is 7.23. The van der Waals surface area contributed by atoms with Crippen molar-refractivity contribution in [3.8, 4) is 28.0 Å². The number of methoxy groups -OCH3 is 1. The molecule has 2 saturated heterocycles. The van der Waals surface area contributed by atoms with Gasteiger partial charge in [0.2, 0.25) is 5.91 Å². The molecule has 1 aromatic heterocycles. The van der Waals surface area contributed by atoms with E-state index < -0.39 is 5.97 Å². The van der Waals surface area contributed by atoms with Gasteiger partial charge in [-0.1, -0.05) is 77.8 Å². The number of hydrogen-bond donors (Lipinski definition) is 3. The van der Waals surface area contributed by atoms with Crippen LogP contribution in [0.5, 0.6) is 5.75 Å². The highest BCUT2D eigenvalue weighted by Gasteiger charge is 2.28. The average Bonchev–Trinajstić information content (AvgIpc) is 3.87. The van der Waals surface area contributed by atoms with Gasteiger partial charge in [-0.2, -0.15) is 5.10 Å². The first kappa shape index (κ1) is 34.1. The molecule has 0 saturated carbocycles. The summed E-state index contributed by atoms with van der Waals surface area (Å²) >= 11 is 14.0. The Labute approximate surface area is 301 Å². The molecule has 7 rings (SSSR count). The first-order chi connectivity index (χ1) is 24.3. The Hall–Kier alpha value is -4.41. The van der Waals surface area contributed by atoms with E-state index in [2.05, 4.69) is 45.9 Å². The van der Waals surface area contributed by atoms with E-state index in [0.717, 1.165) is 75.9 Å². The standard InChI is InChI=1S/C39H39Cl2N5O4/c1-50-36-17-27(34(40)16-28(36)22-45-15-14-26(21-45)39(48)49)23-46-35-7-3-5-31(33(35)20-43-46)32-6-2-4-30(38(32)41)25-10-8-24(9-11-25)18-42-19-29-12-13-37(47)44-29/h2-11,16-17,20,26,29,42H,12-15,18-19,21-23H2,1H3,(H,44,47)(H,48,49)/t26-,29-/m1/s1. The van der Waals surface area contributed by atoms with Gasteiger partial charge in [0, 0.05) is 65.7 Å². The number of ether oxygens (including phenoxy) is 1. The maximum absolute atomic E-state index is 11.5. The minimum absolute atomic E-state index is 0.131. The van der Waals surface area contributed by atoms with E-state index >= 15 is 0 Å². The third-order valence-corrected chi connectivity index (χ3v) is 10.6. The number of carbonyl (C=O) groups excluding carboxylic acids is 1. The number of rotatable bonds is 12. The number of nitrogens with one attached hydrogen (secondary N) is 2. The fourth-order valence-electron chi connectivity index (χ4n) is 7.10. The molecule has 2 aliphatic rings. The summed E-state index contributed by atoms with van der Waals surface area (Å²) in [6.07, 6.45) is 4.00. The number of amides is 1. The van der Waals surface area contributed by atoms with Crippen molar-refractivity contribution in [2.75, 3.05) is 26.7 Å². The van der Waals surface area contributed by atoms with Crippen LogP contribution in [-0.4, -0.2) is 64.4 Å². The molecule has 2 atom stereocenters. The zero-order chi connectivity index (χ0) is 34.8. The number of likely N-dealkylation sites (tertiary alicyclic amines) is 1. The van der Waals surface area contributed by atoms with Gasteiger partial charge < -0.3 is 20.5 Å². The molecule has 3 heterocycles. The third-order valence-electron chi connectivity index (χ3n) is 9.83. The van der Waals surface area contributed by atoms with Crippen LogP contribution in [0.4, 0.5) is 0 Å². The van der Waals surface area contributed by atoms with Crippen molar-refractivity contribution in [2.24, 2.45) is 5.92 Å². The summed E-state index contributed by atoms with van der Waals surface area (Å²) in [5, 5.41) is 22.9. The lowest BCUT2D eigenvalue weighted by Crippen LogP contribution is -2.35. The second-order valence-corrected chi connectivity index (χ2v) is 13.9. The van der Waals surface area contributed by atoms with Gasteiger partial charge in [0.15, 0.2) is 0 Å². The van der Waals surface area contributed by atoms with E-state index in [1.54, 1.807) is 7.11 Å². The molecular weight excluding hydrogens is 673 g/mol. The predicted molar refractivity (Wildman–Crippen MR) is 197 cm³/mol. The highest BCUT2D eigenvalue weighted by Crippen LogP contribution is 2.39. The number of hydrogen-bond acceptors (Lipinski definition) is 6. The van der Waals surface area contributed by atoms with Gasteiger partial charge in [-0.15, -0.1) is 0 Å². The van der Waals surface area contributed by atoms with E-state index in [1.807, 2.05) is 53.3 Å². The van der Waals surface area contributed by atoms with Gasteiger partial charge in [-0.25, -0.2) is 0 Å². The Kier molecular flexibility index (Phi) is 10.1. The number of carboxylic acid groups (broad SMARTS) is 1. The summed E-state index contributed by atoms with van der Waals surface area (Å²) in [4.78, 5) is 25.0. The van der Waals surface area contributed by atoms with Crippen molar-refractivity contribution in [1.82, 2.24) is 25.3 Å². The van der Waals surface area contributed by atoms with Crippen LogP contribution in [0.1, 0.15) is 36.0 Å². The number of nitrogens with zero attached hydrogens (tertiary/aromatic N) is 3. The summed E-state index contributed by atoms with van der Waals surface area (Å²) in [7, 11) is 1.64. The topological polar surface area (TPSA) is 109 Å². The molecule has 11 heteroatoms. The van der Waals surface area contributed by atoms with Crippen molar-refractivity contribution in [2.45, 2.75) is 44.9 Å². The summed E-state index contributed by atoms with van der Waals surface area (Å²) < 4.78 is 7.69. The zero-order valence-electron chi connectivity index (χ0n) is 27.8. The van der Waals surface area contributed by atoms with Gasteiger partial charge in [-0.05, 0) is 59.8 Å². The van der Waals surface area contributed by atoms with Crippen LogP contribution in [0.15, 0.2) is 79.0 Å². The molecule has 3 N–H and O–H groups in total. The SMILES string of the molecule is COc1cc(Cn2ncc3c(-c4cccc(-c5ccc(CNC[C@H]6CCC(=O)N6)cc5)c4Cl)cccc32)c(Cl)cc1CN1CC[C@@H](C(=O)O)C1. The number of aliphatic carboxylic acids is 1. The summed E-state index contributed by atoms with van der Waals surface area (Å²) in [5.41, 5.74) is 7.81. The molecule has 2 fully saturated rings. The van der Waals surface area contributed by atoms with E-state index in [-0.39, 0.29) is 17.9 Å². The number of carbonyl (C=O) groups is 2. The van der Waals surface area contributed by atoms with Gasteiger partial charge in [0.25, 0.3) is 0 Å². The van der Waals surface area contributed by atoms with E-state index in [0.29, 0.717) is 48.3 Å². The van der Waals surface area contributed by atoms with Crippen molar-refractivity contribution in [3.63, 3.8) is 0 Å². The quantitative estimate of drug-likeness (QED) is 0.128. The maximum Gasteiger partial charge on any atom is 0.307 e. The Morgan fingerprint density at radius 2 is 1.78 bits per heavy atom. The fraction of sp³-hybridized carbons (Fsp3) is 0.308. The largest absolute Gasteiger partial charge is 0.496 e. The Morgan fingerprint density at radius 1 is 1.00 bits per heavy atom. The average molecular weight is 713 g/mol. The van der Waals surface area contributed by atoms with E-state index in [1.165, 1.54) is 0 Å². The molecule has 258 valence electrons. The minimum atomic E-state index is -0.749. The first-order valence-corrected chi connectivity index (χ1v) is 17.7. The molecule has 0 radical (unpaired) electrons. The van der Waals surface area contributed by atoms with Crippen LogP contribution in [-0.2, 0) is 29.2 Å². The number of carboxylic acids is 1. The lowest BCUT2D eigenvalue weighted by molar-refractivity contribution is -0.141. The number of benzene rings is 4. The molecule has 0 aliphatic carbocycles. The predicted octanol–water partition coefficient (Wildman–Crippen LogP) is 7.01. The van der Waals surface area contributed by atoms with Gasteiger partial charge in [0.05, 0.1) is 36.3 Å². The van der Waals surface area contributed by atoms with Crippen molar-refractivity contribution in [1.29, 1.82) is 0 Å². The minimum Gasteiger partial charge on any atom is -0.496 e. The molecule has 5 aromatic rings. The second-order valence-electron chi connectivity index (χ2n) is 13.2. The number of fused-ring (bicyclic) bond motifs is 1. The summed E-state index contributed by atoms with van der Waals surface area (Å²) in [6, 6.07) is 24.7. The smallest absolute Gasteiger partial charge is 0.307 e. The molecular formula is C39H39Cl2N5O4. The lowest BCUT2D eigenvalue weighted by Gasteiger charge is -2.19. The van der Waals surface area contributed by atoms with Gasteiger partial charge >= 0.3 is 5.97 Å². The Balaban J connectivity index is 1.08. The van der Waals surface area contributed by atoms with Crippen LogP contribution in [0.3, 0.4) is 0 Å². The van der Waals surface area contributed by atoms with Crippen molar-refractivity contribution in [3.05, 3.63) is 106 Å². The van der Waals surface area contributed by atoms with Crippen LogP contribution >= 0.6 is 23.2 Å². The van der Waals surface area contributed by atoms with E-state index in [9.17, 15) is 14.7 Å². The summed E-state index contributed by atoms with van der Waals surface area (Å²) in [5.74, 6) is -0.245. The Bertz CT molecular complexity index is 2050. The fourth-order valence-corrected chi connectivity index (χ4v) is 7.68. The number of halogens is 2. The van der Waals surface area contributed by atoms with Crippen LogP contribution < -0.4 is 15.4 Å². The lowest BCUT2D eigenvalue weighted by atomic mass is 9.96. The zero-order valence-corrected chi connectivity index (χ0v) is 29.3. The van der Waals surface area contributed by atoms with Crippen LogP contribution in [0, 0.1) is 5.92 Å². The molecule has 4 aromatic carbocycles. The van der Waals surface area contributed by atoms with Gasteiger partial charge in [0.1, 0.15) is 5.75 Å². The molecule has 50 heavy (non-hydrogen) atoms. The van der Waals surface area contributed by atoms with Crippen LogP contribution in [0.2, 0.25) is 10.0 Å². The highest BCUT2D eigenvalue weighted by molar-refractivity contribution is 6.36. The first-order valence-electron chi connectivity index (χ1n) is 16.9. The molecule has 2 aliphatic heterocycles. The molecule has 9 nitrogen and oxygen atoms in total. The molecule has 0 bridgehead atoms. The Morgan fingerprint density at radius 3 is 2.52 bits per heavy atom. The highest BCUT2D eigenvalue weighted by atomic mass is 35.5. The van der Waals surface area contributed by atoms with Crippen LogP contribution in [0.25, 0.3) is 33.2 Å². The normalized spacial score (nSPS) is 17.8. The van der Waals surface area contributed by atoms with Crippen molar-refractivity contribution < 1.29 is 19.4 Å². The molecule has 0 unspecified atom stereocenters. The molecule has 0 spiro atoms. The maximum atomic E-state index is 11.5. The van der Waals surface area contributed by atoms with Gasteiger partial charge in [-0.3, -0.25) is 19.2 Å². The second kappa shape index (κ2) is 14.8. The number of aromatic nitrogens is 2. The summed E-state index contributed by atoms with van der Waals surface area (Å²) in [6.45, 7) is 3.74. The van der Waals surface area contributed by atoms with E-state index in [4.69, 9.17) is 33.0 Å².